The number of piperidine rings is 1. The Balaban J connectivity index is 2.11. The first-order valence-corrected chi connectivity index (χ1v) is 9.01. The standard InChI is InChI=1S/C16H23NO5S/c1-21-9-7-16(15(19)20)6-3-8-17(11-16)14(18)13-5-4-12(22-13)10-23-2/h4-5H,3,6-11H2,1-2H3,(H,19,20). The number of carbonyl (C=O) groups is 2. The molecule has 1 aliphatic heterocycles. The summed E-state index contributed by atoms with van der Waals surface area (Å²) in [6.45, 7) is 1.12. The molecule has 0 radical (unpaired) electrons. The highest BCUT2D eigenvalue weighted by atomic mass is 32.2. The van der Waals surface area contributed by atoms with Gasteiger partial charge in [-0.2, -0.15) is 11.8 Å². The van der Waals surface area contributed by atoms with Crippen molar-refractivity contribution < 1.29 is 23.8 Å². The van der Waals surface area contributed by atoms with Crippen LogP contribution in [0, 0.1) is 5.41 Å². The first-order chi connectivity index (χ1) is 11.0. The first kappa shape index (κ1) is 17.9. The van der Waals surface area contributed by atoms with Crippen LogP contribution < -0.4 is 0 Å². The number of methoxy groups -OCH3 is 1. The van der Waals surface area contributed by atoms with Crippen molar-refractivity contribution in [3.63, 3.8) is 0 Å². The van der Waals surface area contributed by atoms with E-state index in [1.165, 1.54) is 0 Å². The van der Waals surface area contributed by atoms with Crippen molar-refractivity contribution in [1.82, 2.24) is 4.90 Å². The summed E-state index contributed by atoms with van der Waals surface area (Å²) in [7, 11) is 1.55. The Hall–Kier alpha value is -1.47. The van der Waals surface area contributed by atoms with Gasteiger partial charge in [-0.15, -0.1) is 0 Å². The molecule has 1 unspecified atom stereocenters. The monoisotopic (exact) mass is 341 g/mol. The van der Waals surface area contributed by atoms with Crippen molar-refractivity contribution in [3.05, 3.63) is 23.7 Å². The largest absolute Gasteiger partial charge is 0.481 e. The fraction of sp³-hybridized carbons (Fsp3) is 0.625. The summed E-state index contributed by atoms with van der Waals surface area (Å²) < 4.78 is 10.6. The lowest BCUT2D eigenvalue weighted by molar-refractivity contribution is -0.153. The van der Waals surface area contributed by atoms with E-state index in [-0.39, 0.29) is 18.2 Å². The summed E-state index contributed by atoms with van der Waals surface area (Å²) in [5, 5.41) is 9.64. The summed E-state index contributed by atoms with van der Waals surface area (Å²) in [4.78, 5) is 26.0. The minimum Gasteiger partial charge on any atom is -0.481 e. The molecule has 7 heteroatoms. The maximum atomic E-state index is 12.6. The fourth-order valence-electron chi connectivity index (χ4n) is 2.96. The van der Waals surface area contributed by atoms with Crippen molar-refractivity contribution in [2.24, 2.45) is 5.41 Å². The Morgan fingerprint density at radius 3 is 2.91 bits per heavy atom. The highest BCUT2D eigenvalue weighted by molar-refractivity contribution is 7.97. The molecule has 23 heavy (non-hydrogen) atoms. The van der Waals surface area contributed by atoms with E-state index in [1.807, 2.05) is 6.26 Å². The van der Waals surface area contributed by atoms with Gasteiger partial charge in [0.05, 0.1) is 11.2 Å². The molecule has 2 heterocycles. The lowest BCUT2D eigenvalue weighted by atomic mass is 9.77. The number of thioether (sulfide) groups is 1. The second-order valence-corrected chi connectivity index (χ2v) is 6.72. The predicted octanol–water partition coefficient (Wildman–Crippen LogP) is 2.49. The molecule has 128 valence electrons. The minimum atomic E-state index is -0.932. The molecular weight excluding hydrogens is 318 g/mol. The van der Waals surface area contributed by atoms with Gasteiger partial charge in [-0.3, -0.25) is 9.59 Å². The Kier molecular flexibility index (Phi) is 6.12. The lowest BCUT2D eigenvalue weighted by Crippen LogP contribution is -2.50. The predicted molar refractivity (Wildman–Crippen MR) is 87.6 cm³/mol. The molecule has 1 N–H and O–H groups in total. The molecule has 0 saturated carbocycles. The summed E-state index contributed by atoms with van der Waals surface area (Å²) in [5.41, 5.74) is -0.932. The first-order valence-electron chi connectivity index (χ1n) is 7.61. The number of carbonyl (C=O) groups excluding carboxylic acids is 1. The fourth-order valence-corrected chi connectivity index (χ4v) is 3.40. The van der Waals surface area contributed by atoms with E-state index in [4.69, 9.17) is 9.15 Å². The zero-order valence-electron chi connectivity index (χ0n) is 13.5. The number of likely N-dealkylation sites (tertiary alicyclic amines) is 1. The van der Waals surface area contributed by atoms with Gasteiger partial charge >= 0.3 is 5.97 Å². The number of hydrogen-bond acceptors (Lipinski definition) is 5. The Labute approximate surface area is 140 Å². The molecule has 6 nitrogen and oxygen atoms in total. The normalized spacial score (nSPS) is 21.4. The third-order valence-electron chi connectivity index (χ3n) is 4.26. The van der Waals surface area contributed by atoms with Crippen LogP contribution in [0.15, 0.2) is 16.5 Å². The second-order valence-electron chi connectivity index (χ2n) is 5.86. The van der Waals surface area contributed by atoms with E-state index in [9.17, 15) is 14.7 Å². The molecule has 1 saturated heterocycles. The Morgan fingerprint density at radius 2 is 2.26 bits per heavy atom. The van der Waals surface area contributed by atoms with Crippen LogP contribution in [0.25, 0.3) is 0 Å². The second kappa shape index (κ2) is 7.88. The average Bonchev–Trinajstić information content (AvgIpc) is 3.01. The van der Waals surface area contributed by atoms with Crippen molar-refractivity contribution in [2.45, 2.75) is 25.0 Å². The topological polar surface area (TPSA) is 80.0 Å². The molecule has 0 aromatic carbocycles. The zero-order valence-corrected chi connectivity index (χ0v) is 14.4. The van der Waals surface area contributed by atoms with Gasteiger partial charge in [0.15, 0.2) is 5.76 Å². The van der Waals surface area contributed by atoms with Crippen LogP contribution >= 0.6 is 11.8 Å². The summed E-state index contributed by atoms with van der Waals surface area (Å²) in [6, 6.07) is 3.46. The lowest BCUT2D eigenvalue weighted by Gasteiger charge is -2.39. The number of aliphatic carboxylic acids is 1. The SMILES string of the molecule is COCCC1(C(=O)O)CCCN(C(=O)c2ccc(CSC)o2)C1. The summed E-state index contributed by atoms with van der Waals surface area (Å²) in [6.07, 6.45) is 3.59. The molecular formula is C16H23NO5S. The third kappa shape index (κ3) is 4.09. The van der Waals surface area contributed by atoms with Gasteiger partial charge in [0, 0.05) is 26.8 Å². The number of carboxylic acids is 1. The van der Waals surface area contributed by atoms with Crippen LogP contribution in [0.4, 0.5) is 0 Å². The highest BCUT2D eigenvalue weighted by Gasteiger charge is 2.43. The maximum absolute atomic E-state index is 12.6. The van der Waals surface area contributed by atoms with Gasteiger partial charge in [0.25, 0.3) is 5.91 Å². The number of hydrogen-bond donors (Lipinski definition) is 1. The van der Waals surface area contributed by atoms with E-state index in [1.54, 1.807) is 35.9 Å². The van der Waals surface area contributed by atoms with E-state index in [2.05, 4.69) is 0 Å². The van der Waals surface area contributed by atoms with Gasteiger partial charge in [-0.1, -0.05) is 0 Å². The van der Waals surface area contributed by atoms with E-state index in [0.717, 1.165) is 5.76 Å². The molecule has 1 amide bonds. The molecule has 0 bridgehead atoms. The van der Waals surface area contributed by atoms with Gasteiger partial charge < -0.3 is 19.2 Å². The minimum absolute atomic E-state index is 0.198. The smallest absolute Gasteiger partial charge is 0.311 e. The molecule has 1 atom stereocenters. The number of amides is 1. The number of rotatable bonds is 7. The summed E-state index contributed by atoms with van der Waals surface area (Å²) >= 11 is 1.62. The van der Waals surface area contributed by atoms with Crippen LogP contribution in [0.1, 0.15) is 35.6 Å². The number of carboxylic acid groups (broad SMARTS) is 1. The molecule has 1 fully saturated rings. The van der Waals surface area contributed by atoms with Gasteiger partial charge in [0.1, 0.15) is 5.76 Å². The van der Waals surface area contributed by atoms with Gasteiger partial charge in [-0.05, 0) is 37.7 Å². The van der Waals surface area contributed by atoms with Crippen LogP contribution in [0.3, 0.4) is 0 Å². The van der Waals surface area contributed by atoms with Crippen LogP contribution in [-0.2, 0) is 15.3 Å². The van der Waals surface area contributed by atoms with Crippen molar-refractivity contribution in [1.29, 1.82) is 0 Å². The van der Waals surface area contributed by atoms with Crippen LogP contribution in [0.5, 0.6) is 0 Å². The molecule has 0 spiro atoms. The quantitative estimate of drug-likeness (QED) is 0.821. The van der Waals surface area contributed by atoms with Crippen LogP contribution in [-0.4, -0.2) is 54.9 Å². The molecule has 2 rings (SSSR count). The van der Waals surface area contributed by atoms with Crippen molar-refractivity contribution in [2.75, 3.05) is 33.1 Å². The molecule has 1 aromatic heterocycles. The van der Waals surface area contributed by atoms with Crippen molar-refractivity contribution in [3.8, 4) is 0 Å². The third-order valence-corrected chi connectivity index (χ3v) is 4.83. The number of nitrogens with zero attached hydrogens (tertiary/aromatic N) is 1. The van der Waals surface area contributed by atoms with E-state index in [0.29, 0.717) is 38.2 Å². The average molecular weight is 341 g/mol. The van der Waals surface area contributed by atoms with Gasteiger partial charge in [-0.25, -0.2) is 0 Å². The van der Waals surface area contributed by atoms with Gasteiger partial charge in [0.2, 0.25) is 0 Å². The molecule has 0 aliphatic carbocycles. The van der Waals surface area contributed by atoms with E-state index < -0.39 is 11.4 Å². The molecule has 1 aromatic rings. The Morgan fingerprint density at radius 1 is 1.48 bits per heavy atom. The maximum Gasteiger partial charge on any atom is 0.311 e. The Bertz CT molecular complexity index is 558. The summed E-state index contributed by atoms with van der Waals surface area (Å²) in [5.74, 6) is 0.638. The molecule has 1 aliphatic rings. The van der Waals surface area contributed by atoms with E-state index >= 15 is 0 Å². The zero-order chi connectivity index (χ0) is 16.9. The number of ether oxygens (including phenoxy) is 1. The van der Waals surface area contributed by atoms with Crippen LogP contribution in [0.2, 0.25) is 0 Å². The number of furan rings is 1. The highest BCUT2D eigenvalue weighted by Crippen LogP contribution is 2.34. The van der Waals surface area contributed by atoms with Crippen molar-refractivity contribution >= 4 is 23.6 Å².